The van der Waals surface area contributed by atoms with Crippen LogP contribution in [0.2, 0.25) is 0 Å². The van der Waals surface area contributed by atoms with Gasteiger partial charge < -0.3 is 14.8 Å². The molecule has 6 nitrogen and oxygen atoms in total. The van der Waals surface area contributed by atoms with Gasteiger partial charge in [0.05, 0.1) is 27.0 Å². The highest BCUT2D eigenvalue weighted by molar-refractivity contribution is 5.98. The molecule has 1 N–H and O–H groups in total. The van der Waals surface area contributed by atoms with E-state index in [1.807, 2.05) is 31.2 Å². The van der Waals surface area contributed by atoms with Crippen molar-refractivity contribution in [3.63, 3.8) is 0 Å². The van der Waals surface area contributed by atoms with Gasteiger partial charge in [0, 0.05) is 17.7 Å². The van der Waals surface area contributed by atoms with Crippen LogP contribution in [0.5, 0.6) is 11.5 Å². The molecule has 0 bridgehead atoms. The first-order valence-corrected chi connectivity index (χ1v) is 7.51. The minimum Gasteiger partial charge on any atom is -0.493 e. The molecule has 0 saturated carbocycles. The van der Waals surface area contributed by atoms with Crippen molar-refractivity contribution < 1.29 is 14.3 Å². The molecule has 0 aliphatic carbocycles. The van der Waals surface area contributed by atoms with E-state index >= 15 is 0 Å². The molecule has 1 aromatic heterocycles. The van der Waals surface area contributed by atoms with E-state index in [4.69, 9.17) is 9.47 Å². The first-order valence-electron chi connectivity index (χ1n) is 7.51. The average molecular weight is 327 g/mol. The lowest BCUT2D eigenvalue weighted by Gasteiger charge is -2.14. The molecule has 1 amide bonds. The monoisotopic (exact) mass is 327 g/mol. The zero-order valence-electron chi connectivity index (χ0n) is 14.0. The number of para-hydroxylation sites is 1. The third-order valence-corrected chi connectivity index (χ3v) is 3.32. The molecular weight excluding hydrogens is 306 g/mol. The number of aromatic nitrogens is 2. The topological polar surface area (TPSA) is 65.4 Å². The van der Waals surface area contributed by atoms with E-state index in [2.05, 4.69) is 10.4 Å². The summed E-state index contributed by atoms with van der Waals surface area (Å²) in [5.41, 5.74) is 0.903. The zero-order valence-corrected chi connectivity index (χ0v) is 14.0. The minimum absolute atomic E-state index is 0.215. The standard InChI is InChI=1S/C18H21N3O3/c1-4-5-6-10-17(22)20-16-11-12-19-21(16)13-14-8-7-9-15(23-2)18(14)24-3/h4-12H,13H2,1-3H3,(H,20,22)/b5-4+,10-6+. The summed E-state index contributed by atoms with van der Waals surface area (Å²) in [6.07, 6.45) is 8.42. The Labute approximate surface area is 141 Å². The second-order valence-corrected chi connectivity index (χ2v) is 4.90. The van der Waals surface area contributed by atoms with Crippen molar-refractivity contribution in [3.8, 4) is 11.5 Å². The maximum absolute atomic E-state index is 11.9. The fourth-order valence-corrected chi connectivity index (χ4v) is 2.23. The summed E-state index contributed by atoms with van der Waals surface area (Å²) in [5, 5.41) is 7.06. The van der Waals surface area contributed by atoms with Crippen molar-refractivity contribution in [2.45, 2.75) is 13.5 Å². The predicted octanol–water partition coefficient (Wildman–Crippen LogP) is 3.02. The smallest absolute Gasteiger partial charge is 0.249 e. The second kappa shape index (κ2) is 8.57. The van der Waals surface area contributed by atoms with Crippen LogP contribution in [0.4, 0.5) is 5.82 Å². The van der Waals surface area contributed by atoms with Gasteiger partial charge in [-0.05, 0) is 13.0 Å². The molecule has 126 valence electrons. The molecule has 0 saturated heterocycles. The number of hydrogen-bond acceptors (Lipinski definition) is 4. The Hall–Kier alpha value is -3.02. The highest BCUT2D eigenvalue weighted by atomic mass is 16.5. The third kappa shape index (κ3) is 4.25. The number of methoxy groups -OCH3 is 2. The summed E-state index contributed by atoms with van der Waals surface area (Å²) in [7, 11) is 3.19. The number of nitrogens with zero attached hydrogens (tertiary/aromatic N) is 2. The van der Waals surface area contributed by atoms with Gasteiger partial charge >= 0.3 is 0 Å². The molecule has 0 aliphatic heterocycles. The number of allylic oxidation sites excluding steroid dienone is 3. The minimum atomic E-state index is -0.215. The highest BCUT2D eigenvalue weighted by Gasteiger charge is 2.12. The molecule has 0 radical (unpaired) electrons. The summed E-state index contributed by atoms with van der Waals surface area (Å²) in [6, 6.07) is 7.40. The lowest BCUT2D eigenvalue weighted by Crippen LogP contribution is -2.14. The van der Waals surface area contributed by atoms with Gasteiger partial charge in [0.1, 0.15) is 5.82 Å². The van der Waals surface area contributed by atoms with Crippen LogP contribution in [0.1, 0.15) is 12.5 Å². The SMILES string of the molecule is C/C=C/C=C/C(=O)Nc1ccnn1Cc1cccc(OC)c1OC. The Balaban J connectivity index is 2.18. The lowest BCUT2D eigenvalue weighted by atomic mass is 10.2. The van der Waals surface area contributed by atoms with Gasteiger partial charge in [0.2, 0.25) is 5.91 Å². The number of anilines is 1. The molecule has 2 rings (SSSR count). The number of benzene rings is 1. The van der Waals surface area contributed by atoms with Crippen LogP contribution in [0.3, 0.4) is 0 Å². The normalized spacial score (nSPS) is 11.1. The Kier molecular flexibility index (Phi) is 6.19. The molecule has 6 heteroatoms. The summed E-state index contributed by atoms with van der Waals surface area (Å²) in [6.45, 7) is 2.33. The van der Waals surface area contributed by atoms with Crippen LogP contribution in [0.25, 0.3) is 0 Å². The Morgan fingerprint density at radius 1 is 1.25 bits per heavy atom. The van der Waals surface area contributed by atoms with Crippen molar-refractivity contribution in [2.75, 3.05) is 19.5 Å². The van der Waals surface area contributed by atoms with Crippen LogP contribution in [0, 0.1) is 0 Å². The van der Waals surface area contributed by atoms with Crippen molar-refractivity contribution in [1.82, 2.24) is 9.78 Å². The molecule has 24 heavy (non-hydrogen) atoms. The first kappa shape index (κ1) is 17.3. The van der Waals surface area contributed by atoms with Crippen LogP contribution < -0.4 is 14.8 Å². The van der Waals surface area contributed by atoms with E-state index in [0.29, 0.717) is 23.9 Å². The van der Waals surface area contributed by atoms with Gasteiger partial charge in [-0.15, -0.1) is 0 Å². The van der Waals surface area contributed by atoms with E-state index < -0.39 is 0 Å². The average Bonchev–Trinajstić information content (AvgIpc) is 3.01. The quantitative estimate of drug-likeness (QED) is 0.627. The summed E-state index contributed by atoms with van der Waals surface area (Å²) >= 11 is 0. The Morgan fingerprint density at radius 3 is 2.79 bits per heavy atom. The molecule has 1 heterocycles. The summed E-state index contributed by atoms with van der Waals surface area (Å²) in [5.74, 6) is 1.70. The van der Waals surface area contributed by atoms with Crippen molar-refractivity contribution in [2.24, 2.45) is 0 Å². The van der Waals surface area contributed by atoms with Crippen LogP contribution in [-0.4, -0.2) is 29.9 Å². The maximum Gasteiger partial charge on any atom is 0.249 e. The zero-order chi connectivity index (χ0) is 17.4. The van der Waals surface area contributed by atoms with E-state index in [1.165, 1.54) is 6.08 Å². The third-order valence-electron chi connectivity index (χ3n) is 3.32. The first-order chi connectivity index (χ1) is 11.7. The fraction of sp³-hybridized carbons (Fsp3) is 0.222. The van der Waals surface area contributed by atoms with Crippen molar-refractivity contribution >= 4 is 11.7 Å². The van der Waals surface area contributed by atoms with E-state index in [0.717, 1.165) is 5.56 Å². The summed E-state index contributed by atoms with van der Waals surface area (Å²) < 4.78 is 12.4. The fourth-order valence-electron chi connectivity index (χ4n) is 2.23. The van der Waals surface area contributed by atoms with Gasteiger partial charge in [-0.2, -0.15) is 5.10 Å². The molecule has 0 atom stereocenters. The van der Waals surface area contributed by atoms with Gasteiger partial charge in [-0.25, -0.2) is 4.68 Å². The maximum atomic E-state index is 11.9. The Morgan fingerprint density at radius 2 is 2.08 bits per heavy atom. The van der Waals surface area contributed by atoms with Gasteiger partial charge in [0.25, 0.3) is 0 Å². The largest absolute Gasteiger partial charge is 0.493 e. The number of hydrogen-bond donors (Lipinski definition) is 1. The molecule has 0 spiro atoms. The van der Waals surface area contributed by atoms with Gasteiger partial charge in [0.15, 0.2) is 11.5 Å². The number of ether oxygens (including phenoxy) is 2. The molecule has 1 aromatic carbocycles. The van der Waals surface area contributed by atoms with Gasteiger partial charge in [-0.1, -0.05) is 30.4 Å². The molecule has 0 unspecified atom stereocenters. The number of carbonyl (C=O) groups is 1. The Bertz CT molecular complexity index is 748. The van der Waals surface area contributed by atoms with Gasteiger partial charge in [-0.3, -0.25) is 4.79 Å². The van der Waals surface area contributed by atoms with E-state index in [9.17, 15) is 4.79 Å². The number of carbonyl (C=O) groups excluding carboxylic acids is 1. The van der Waals surface area contributed by atoms with Crippen molar-refractivity contribution in [3.05, 3.63) is 60.3 Å². The number of amides is 1. The van der Waals surface area contributed by atoms with Crippen LogP contribution in [-0.2, 0) is 11.3 Å². The molecule has 0 aliphatic rings. The van der Waals surface area contributed by atoms with Crippen LogP contribution in [0.15, 0.2) is 54.8 Å². The second-order valence-electron chi connectivity index (χ2n) is 4.90. The predicted molar refractivity (Wildman–Crippen MR) is 93.5 cm³/mol. The lowest BCUT2D eigenvalue weighted by molar-refractivity contribution is -0.111. The number of rotatable bonds is 7. The van der Waals surface area contributed by atoms with Crippen LogP contribution >= 0.6 is 0 Å². The molecular formula is C18H21N3O3. The van der Waals surface area contributed by atoms with E-state index in [1.54, 1.807) is 43.3 Å². The summed E-state index contributed by atoms with van der Waals surface area (Å²) in [4.78, 5) is 11.9. The highest BCUT2D eigenvalue weighted by Crippen LogP contribution is 2.31. The number of nitrogens with one attached hydrogen (secondary N) is 1. The molecule has 2 aromatic rings. The van der Waals surface area contributed by atoms with E-state index in [-0.39, 0.29) is 5.91 Å². The van der Waals surface area contributed by atoms with Crippen molar-refractivity contribution in [1.29, 1.82) is 0 Å². The molecule has 0 fully saturated rings.